The van der Waals surface area contributed by atoms with Gasteiger partial charge in [0.25, 0.3) is 5.89 Å². The zero-order valence-electron chi connectivity index (χ0n) is 18.4. The lowest BCUT2D eigenvalue weighted by molar-refractivity contribution is -0.124. The number of aromatic nitrogens is 3. The lowest BCUT2D eigenvalue weighted by Crippen LogP contribution is -2.36. The van der Waals surface area contributed by atoms with Crippen LogP contribution in [0, 0.1) is 20.8 Å². The Morgan fingerprint density at radius 2 is 1.82 bits per heavy atom. The van der Waals surface area contributed by atoms with Gasteiger partial charge in [0.15, 0.2) is 0 Å². The lowest BCUT2D eigenvalue weighted by atomic mass is 10.1. The predicted octanol–water partition coefficient (Wildman–Crippen LogP) is 2.22. The first kappa shape index (κ1) is 25.8. The Labute approximate surface area is 192 Å². The summed E-state index contributed by atoms with van der Waals surface area (Å²) in [6.07, 6.45) is -0.912. The summed E-state index contributed by atoms with van der Waals surface area (Å²) in [5.41, 5.74) is 3.91. The van der Waals surface area contributed by atoms with Crippen LogP contribution < -0.4 is 14.8 Å². The summed E-state index contributed by atoms with van der Waals surface area (Å²) in [4.78, 5) is 19.8. The number of hydrogen-bond acceptors (Lipinski definition) is 9. The Balaban J connectivity index is 0.00000385. The molecule has 0 bridgehead atoms. The zero-order valence-corrected chi connectivity index (χ0v) is 18.4. The first-order chi connectivity index (χ1) is 15.3. The predicted molar refractivity (Wildman–Crippen MR) is 122 cm³/mol. The summed E-state index contributed by atoms with van der Waals surface area (Å²) in [6, 6.07) is 7.30. The van der Waals surface area contributed by atoms with E-state index in [-0.39, 0.29) is 20.6 Å². The first-order valence-electron chi connectivity index (χ1n) is 9.97. The van der Waals surface area contributed by atoms with Gasteiger partial charge in [-0.1, -0.05) is 12.6 Å². The molecule has 33 heavy (non-hydrogen) atoms. The first-order valence-corrected chi connectivity index (χ1v) is 9.97. The quantitative estimate of drug-likeness (QED) is 0.440. The van der Waals surface area contributed by atoms with Crippen LogP contribution in [0.3, 0.4) is 0 Å². The summed E-state index contributed by atoms with van der Waals surface area (Å²) >= 11 is 0. The number of methoxy groups -OCH3 is 1. The maximum atomic E-state index is 11.1. The Kier molecular flexibility index (Phi) is 8.89. The van der Waals surface area contributed by atoms with Gasteiger partial charge in [0.05, 0.1) is 7.11 Å². The number of amides is 1. The number of hydrogen-bond donors (Lipinski definition) is 3. The zero-order chi connectivity index (χ0) is 23.3. The molecule has 0 fully saturated rings. The molecule has 0 aliphatic rings. The highest BCUT2D eigenvalue weighted by Crippen LogP contribution is 2.31. The van der Waals surface area contributed by atoms with Crippen LogP contribution in [0.25, 0.3) is 22.8 Å². The van der Waals surface area contributed by atoms with E-state index < -0.39 is 18.6 Å². The van der Waals surface area contributed by atoms with Gasteiger partial charge in [0.2, 0.25) is 17.6 Å². The second kappa shape index (κ2) is 11.4. The third kappa shape index (κ3) is 6.50. The van der Waals surface area contributed by atoms with Crippen molar-refractivity contribution in [2.24, 2.45) is 0 Å². The van der Waals surface area contributed by atoms with E-state index in [0.717, 1.165) is 22.4 Å². The highest BCUT2D eigenvalue weighted by atomic mass is 16.5. The molecule has 1 atom stereocenters. The number of pyridine rings is 1. The van der Waals surface area contributed by atoms with E-state index >= 15 is 0 Å². The second-order valence-electron chi connectivity index (χ2n) is 7.33. The average Bonchev–Trinajstić information content (AvgIpc) is 3.26. The highest BCUT2D eigenvalue weighted by molar-refractivity contribution is 5.76. The van der Waals surface area contributed by atoms with Crippen LogP contribution in [-0.2, 0) is 4.79 Å². The van der Waals surface area contributed by atoms with E-state index in [1.165, 1.54) is 0 Å². The van der Waals surface area contributed by atoms with Crippen molar-refractivity contribution in [3.05, 3.63) is 41.1 Å². The maximum absolute atomic E-state index is 11.1. The molecule has 0 saturated heterocycles. The fourth-order valence-corrected chi connectivity index (χ4v) is 3.16. The number of rotatable bonds is 9. The van der Waals surface area contributed by atoms with Gasteiger partial charge in [0.1, 0.15) is 25.1 Å². The summed E-state index contributed by atoms with van der Waals surface area (Å²) in [7, 11) is 1.55. The molecule has 10 heteroatoms. The van der Waals surface area contributed by atoms with E-state index in [0.29, 0.717) is 28.9 Å². The summed E-state index contributed by atoms with van der Waals surface area (Å²) in [5.74, 6) is 1.32. The Bertz CT molecular complexity index is 1080. The molecule has 0 saturated carbocycles. The van der Waals surface area contributed by atoms with Crippen LogP contribution in [0.1, 0.15) is 24.2 Å². The van der Waals surface area contributed by atoms with Gasteiger partial charge in [0, 0.05) is 29.4 Å². The van der Waals surface area contributed by atoms with Crippen LogP contribution in [0.5, 0.6) is 11.6 Å². The van der Waals surface area contributed by atoms with Crippen LogP contribution in [0.15, 0.2) is 28.8 Å². The van der Waals surface area contributed by atoms with Crippen molar-refractivity contribution in [1.29, 1.82) is 0 Å². The molecule has 2 heterocycles. The minimum absolute atomic E-state index is 0. The normalized spacial score (nSPS) is 11.5. The summed E-state index contributed by atoms with van der Waals surface area (Å²) in [5, 5.41) is 25.2. The van der Waals surface area contributed by atoms with Crippen LogP contribution >= 0.6 is 0 Å². The molecule has 178 valence electrons. The molecule has 0 spiro atoms. The fourth-order valence-electron chi connectivity index (χ4n) is 3.16. The molecule has 3 aromatic rings. The summed E-state index contributed by atoms with van der Waals surface area (Å²) < 4.78 is 16.4. The van der Waals surface area contributed by atoms with Crippen molar-refractivity contribution < 1.29 is 29.0 Å². The minimum Gasteiger partial charge on any atom is -0.490 e. The number of nitrogens with zero attached hydrogens (tertiary/aromatic N) is 3. The lowest BCUT2D eigenvalue weighted by Gasteiger charge is -2.16. The molecule has 2 aromatic heterocycles. The largest absolute Gasteiger partial charge is 0.490 e. The van der Waals surface area contributed by atoms with E-state index in [9.17, 15) is 9.90 Å². The van der Waals surface area contributed by atoms with Gasteiger partial charge in [-0.3, -0.25) is 4.79 Å². The summed E-state index contributed by atoms with van der Waals surface area (Å²) in [6.45, 7) is 4.96. The topological polar surface area (TPSA) is 140 Å². The third-order valence-corrected chi connectivity index (χ3v) is 4.63. The van der Waals surface area contributed by atoms with Gasteiger partial charge < -0.3 is 29.5 Å². The number of aryl methyl sites for hydroxylation is 3. The highest BCUT2D eigenvalue weighted by Gasteiger charge is 2.16. The standard InChI is InChI=1S/C22H26N4O6.CH4/c1-12-5-15(6-13(2)20(12)31-11-17(28)9-23-18(29)10-27)21-25-22(32-26-21)16-7-14(3)24-19(8-16)30-4;/h5-8,17,27-28H,9-11H2,1-4H3,(H,23,29);1H4. The number of ether oxygens (including phenoxy) is 2. The van der Waals surface area contributed by atoms with Gasteiger partial charge in [-0.05, 0) is 50.1 Å². The van der Waals surface area contributed by atoms with Gasteiger partial charge >= 0.3 is 0 Å². The van der Waals surface area contributed by atoms with E-state index in [1.807, 2.05) is 39.0 Å². The number of aliphatic hydroxyl groups excluding tert-OH is 2. The van der Waals surface area contributed by atoms with Gasteiger partial charge in [-0.25, -0.2) is 4.98 Å². The minimum atomic E-state index is -0.912. The maximum Gasteiger partial charge on any atom is 0.258 e. The van der Waals surface area contributed by atoms with Crippen molar-refractivity contribution in [2.45, 2.75) is 34.3 Å². The number of nitrogens with one attached hydrogen (secondary N) is 1. The third-order valence-electron chi connectivity index (χ3n) is 4.63. The molecule has 3 N–H and O–H groups in total. The van der Waals surface area contributed by atoms with E-state index in [1.54, 1.807) is 13.2 Å². The second-order valence-corrected chi connectivity index (χ2v) is 7.33. The van der Waals surface area contributed by atoms with Crippen LogP contribution in [0.2, 0.25) is 0 Å². The van der Waals surface area contributed by atoms with Crippen molar-refractivity contribution in [2.75, 3.05) is 26.9 Å². The van der Waals surface area contributed by atoms with Crippen LogP contribution in [-0.4, -0.2) is 64.2 Å². The van der Waals surface area contributed by atoms with Crippen molar-refractivity contribution in [3.63, 3.8) is 0 Å². The van der Waals surface area contributed by atoms with E-state index in [4.69, 9.17) is 19.1 Å². The molecule has 0 aliphatic heterocycles. The number of carbonyl (C=O) groups excluding carboxylic acids is 1. The smallest absolute Gasteiger partial charge is 0.258 e. The number of carbonyl (C=O) groups is 1. The molecule has 0 aliphatic carbocycles. The molecule has 1 amide bonds. The number of benzene rings is 1. The van der Waals surface area contributed by atoms with Gasteiger partial charge in [-0.15, -0.1) is 0 Å². The molecule has 0 radical (unpaired) electrons. The molecule has 1 unspecified atom stereocenters. The number of aliphatic hydroxyl groups is 2. The molecule has 10 nitrogen and oxygen atoms in total. The molecule has 1 aromatic carbocycles. The Hall–Kier alpha value is -3.50. The van der Waals surface area contributed by atoms with Gasteiger partial charge in [-0.2, -0.15) is 4.98 Å². The average molecular weight is 459 g/mol. The Morgan fingerprint density at radius 1 is 1.12 bits per heavy atom. The Morgan fingerprint density at radius 3 is 2.45 bits per heavy atom. The monoisotopic (exact) mass is 458 g/mol. The van der Waals surface area contributed by atoms with Crippen LogP contribution in [0.4, 0.5) is 0 Å². The van der Waals surface area contributed by atoms with Crippen molar-refractivity contribution in [3.8, 4) is 34.5 Å². The fraction of sp³-hybridized carbons (Fsp3) is 0.391. The molecule has 3 rings (SSSR count). The SMILES string of the molecule is C.COc1cc(-c2nc(-c3cc(C)c(OCC(O)CNC(=O)CO)c(C)c3)no2)cc(C)n1. The van der Waals surface area contributed by atoms with Crippen molar-refractivity contribution >= 4 is 5.91 Å². The molecular formula is C23H30N4O6. The van der Waals surface area contributed by atoms with Crippen molar-refractivity contribution in [1.82, 2.24) is 20.4 Å². The molecular weight excluding hydrogens is 428 g/mol. The van der Waals surface area contributed by atoms with E-state index in [2.05, 4.69) is 20.4 Å².